The van der Waals surface area contributed by atoms with E-state index >= 15 is 0 Å². The van der Waals surface area contributed by atoms with Gasteiger partial charge >= 0.3 is 6.09 Å². The summed E-state index contributed by atoms with van der Waals surface area (Å²) in [5, 5.41) is 11.7. The van der Waals surface area contributed by atoms with Crippen LogP contribution in [0, 0.1) is 17.2 Å². The zero-order valence-electron chi connectivity index (χ0n) is 19.5. The molecule has 33 heavy (non-hydrogen) atoms. The molecule has 2 saturated carbocycles. The van der Waals surface area contributed by atoms with Gasteiger partial charge < -0.3 is 19.3 Å². The van der Waals surface area contributed by atoms with Crippen LogP contribution in [0.4, 0.5) is 9.18 Å². The van der Waals surface area contributed by atoms with E-state index in [9.17, 15) is 14.3 Å². The van der Waals surface area contributed by atoms with E-state index in [4.69, 9.17) is 4.74 Å². The van der Waals surface area contributed by atoms with Crippen molar-refractivity contribution < 1.29 is 19.0 Å². The average molecular weight is 454 g/mol. The number of aliphatic hydroxyl groups excluding tert-OH is 1. The van der Waals surface area contributed by atoms with Crippen LogP contribution >= 0.6 is 0 Å². The van der Waals surface area contributed by atoms with Crippen molar-refractivity contribution in [2.75, 3.05) is 0 Å². The van der Waals surface area contributed by atoms with Gasteiger partial charge in [0.2, 0.25) is 0 Å². The summed E-state index contributed by atoms with van der Waals surface area (Å²) < 4.78 is 22.6. The van der Waals surface area contributed by atoms with E-state index in [0.717, 1.165) is 43.4 Å². The first-order valence-corrected chi connectivity index (χ1v) is 12.2. The lowest BCUT2D eigenvalue weighted by atomic mass is 9.53. The van der Waals surface area contributed by atoms with Crippen molar-refractivity contribution in [3.8, 4) is 11.3 Å². The predicted molar refractivity (Wildman–Crippen MR) is 121 cm³/mol. The van der Waals surface area contributed by atoms with Crippen molar-refractivity contribution in [2.24, 2.45) is 11.3 Å². The molecule has 5 aliphatic rings. The van der Waals surface area contributed by atoms with Crippen LogP contribution in [0.3, 0.4) is 0 Å². The van der Waals surface area contributed by atoms with E-state index in [1.807, 2.05) is 36.3 Å². The lowest BCUT2D eigenvalue weighted by molar-refractivity contribution is -0.150. The number of carbonyl (C=O) groups excluding carboxylic acids is 1. The number of imidazole rings is 1. The number of aromatic nitrogens is 2. The van der Waals surface area contributed by atoms with Gasteiger partial charge in [0.1, 0.15) is 11.4 Å². The van der Waals surface area contributed by atoms with E-state index in [-0.39, 0.29) is 35.5 Å². The van der Waals surface area contributed by atoms with Gasteiger partial charge in [-0.2, -0.15) is 0 Å². The summed E-state index contributed by atoms with van der Waals surface area (Å²) in [7, 11) is 0. The van der Waals surface area contributed by atoms with Gasteiger partial charge in [-0.25, -0.2) is 14.2 Å². The number of ether oxygens (including phenoxy) is 1. The third-order valence-corrected chi connectivity index (χ3v) is 8.40. The number of nitrogens with zero attached hydrogens (tertiary/aromatic N) is 3. The quantitative estimate of drug-likeness (QED) is 0.717. The van der Waals surface area contributed by atoms with Crippen molar-refractivity contribution in [3.63, 3.8) is 0 Å². The molecule has 4 unspecified atom stereocenters. The summed E-state index contributed by atoms with van der Waals surface area (Å²) in [6.07, 6.45) is 7.69. The summed E-state index contributed by atoms with van der Waals surface area (Å²) in [6.45, 7) is 5.70. The molecule has 1 amide bonds. The minimum Gasteiger partial charge on any atom is -0.444 e. The molecule has 176 valence electrons. The van der Waals surface area contributed by atoms with Gasteiger partial charge in [-0.05, 0) is 71.3 Å². The molecule has 1 aromatic heterocycles. The molecular formula is C26H32FN3O3. The van der Waals surface area contributed by atoms with Crippen LogP contribution in [-0.4, -0.2) is 49.4 Å². The molecule has 3 aliphatic heterocycles. The van der Waals surface area contributed by atoms with Crippen LogP contribution in [0.2, 0.25) is 0 Å². The second-order valence-corrected chi connectivity index (χ2v) is 11.7. The van der Waals surface area contributed by atoms with Crippen LogP contribution < -0.4 is 0 Å². The molecule has 7 heteroatoms. The molecule has 2 aromatic rings. The third-order valence-electron chi connectivity index (χ3n) is 8.40. The molecule has 4 heterocycles. The summed E-state index contributed by atoms with van der Waals surface area (Å²) >= 11 is 0. The highest BCUT2D eigenvalue weighted by atomic mass is 19.1. The Bertz CT molecular complexity index is 1090. The normalized spacial score (nSPS) is 32.6. The van der Waals surface area contributed by atoms with E-state index in [2.05, 4.69) is 4.98 Å². The van der Waals surface area contributed by atoms with Crippen LogP contribution in [0.5, 0.6) is 0 Å². The maximum Gasteiger partial charge on any atom is 0.410 e. The van der Waals surface area contributed by atoms with E-state index in [1.165, 1.54) is 6.07 Å². The predicted octanol–water partition coefficient (Wildman–Crippen LogP) is 4.91. The Balaban J connectivity index is 1.26. The van der Waals surface area contributed by atoms with Crippen molar-refractivity contribution in [1.82, 2.24) is 14.5 Å². The second-order valence-electron chi connectivity index (χ2n) is 11.7. The third kappa shape index (κ3) is 3.22. The number of benzene rings is 1. The maximum absolute atomic E-state index is 14.9. The minimum atomic E-state index is -0.572. The van der Waals surface area contributed by atoms with Crippen molar-refractivity contribution in [2.45, 2.75) is 89.1 Å². The Kier molecular flexibility index (Phi) is 4.51. The largest absolute Gasteiger partial charge is 0.444 e. The monoisotopic (exact) mass is 453 g/mol. The van der Waals surface area contributed by atoms with Crippen LogP contribution in [0.15, 0.2) is 30.7 Å². The van der Waals surface area contributed by atoms with Crippen molar-refractivity contribution in [1.29, 1.82) is 0 Å². The molecule has 1 aromatic carbocycles. The van der Waals surface area contributed by atoms with Gasteiger partial charge in [-0.15, -0.1) is 0 Å². The standard InChI is InChI=1S/C26H32FN3O3/c1-25(2,3)33-24(32)30-16-7-15-8-17(30)12-26(10-15,11-16)22(31)9-20-23-18(5-4-6-19(23)27)21-13-28-14-29(20)21/h4-6,13-17,20,22,31H,7-12H2,1-3H3. The van der Waals surface area contributed by atoms with Gasteiger partial charge in [0.05, 0.1) is 30.4 Å². The number of rotatable bonds is 3. The fourth-order valence-electron chi connectivity index (χ4n) is 7.40. The molecule has 2 saturated heterocycles. The molecular weight excluding hydrogens is 421 g/mol. The highest BCUT2D eigenvalue weighted by Crippen LogP contribution is 2.59. The molecule has 0 spiro atoms. The maximum atomic E-state index is 14.9. The Morgan fingerprint density at radius 3 is 2.70 bits per heavy atom. The number of fused-ring (bicyclic) bond motifs is 3. The Morgan fingerprint density at radius 1 is 1.27 bits per heavy atom. The molecule has 0 radical (unpaired) electrons. The Hall–Kier alpha value is -2.41. The van der Waals surface area contributed by atoms with Crippen LogP contribution in [0.25, 0.3) is 11.3 Å². The van der Waals surface area contributed by atoms with Gasteiger partial charge in [0.15, 0.2) is 0 Å². The van der Waals surface area contributed by atoms with Crippen molar-refractivity contribution >= 4 is 6.09 Å². The number of aliphatic hydroxyl groups is 1. The first-order valence-electron chi connectivity index (χ1n) is 12.2. The second kappa shape index (κ2) is 7.05. The van der Waals surface area contributed by atoms with Gasteiger partial charge in [0.25, 0.3) is 0 Å². The first kappa shape index (κ1) is 21.1. The average Bonchev–Trinajstić information content (AvgIpc) is 3.29. The fraction of sp³-hybridized carbons (Fsp3) is 0.615. The molecule has 6 nitrogen and oxygen atoms in total. The van der Waals surface area contributed by atoms with E-state index in [1.54, 1.807) is 18.6 Å². The lowest BCUT2D eigenvalue weighted by Gasteiger charge is -2.62. The van der Waals surface area contributed by atoms with Gasteiger partial charge in [-0.1, -0.05) is 12.1 Å². The summed E-state index contributed by atoms with van der Waals surface area (Å²) in [6, 6.07) is 5.12. The van der Waals surface area contributed by atoms with Crippen LogP contribution in [-0.2, 0) is 4.74 Å². The lowest BCUT2D eigenvalue weighted by Crippen LogP contribution is -2.66. The zero-order chi connectivity index (χ0) is 23.1. The van der Waals surface area contributed by atoms with Gasteiger partial charge in [0, 0.05) is 28.6 Å². The number of piperidine rings is 2. The number of hydrogen-bond acceptors (Lipinski definition) is 4. The van der Waals surface area contributed by atoms with Gasteiger partial charge in [-0.3, -0.25) is 0 Å². The highest BCUT2D eigenvalue weighted by Gasteiger charge is 2.59. The molecule has 4 bridgehead atoms. The number of amides is 1. The summed E-state index contributed by atoms with van der Waals surface area (Å²) in [5.74, 6) is 0.294. The van der Waals surface area contributed by atoms with Crippen molar-refractivity contribution in [3.05, 3.63) is 42.1 Å². The zero-order valence-corrected chi connectivity index (χ0v) is 19.5. The molecule has 2 aliphatic carbocycles. The summed E-state index contributed by atoms with van der Waals surface area (Å²) in [5.41, 5.74) is 1.68. The van der Waals surface area contributed by atoms with E-state index in [0.29, 0.717) is 17.9 Å². The number of carbonyl (C=O) groups is 1. The SMILES string of the molecule is CC(C)(C)OC(=O)N1C2CC3CC1CC(C(O)CC1c4c(F)cccc4-c4cncn41)(C3)C2. The summed E-state index contributed by atoms with van der Waals surface area (Å²) in [4.78, 5) is 19.2. The van der Waals surface area contributed by atoms with E-state index < -0.39 is 11.7 Å². The smallest absolute Gasteiger partial charge is 0.410 e. The number of halogens is 1. The first-order chi connectivity index (χ1) is 15.7. The Labute approximate surface area is 193 Å². The minimum absolute atomic E-state index is 0.108. The molecule has 4 fully saturated rings. The van der Waals surface area contributed by atoms with Crippen LogP contribution in [0.1, 0.15) is 70.9 Å². The highest BCUT2D eigenvalue weighted by molar-refractivity contribution is 5.70. The molecule has 4 atom stereocenters. The molecule has 7 rings (SSSR count). The molecule has 1 N–H and O–H groups in total. The fourth-order valence-corrected chi connectivity index (χ4v) is 7.40. The Morgan fingerprint density at radius 2 is 2.00 bits per heavy atom. The topological polar surface area (TPSA) is 67.6 Å². The number of hydrogen-bond donors (Lipinski definition) is 1.